The first-order valence-electron chi connectivity index (χ1n) is 7.43. The largest absolute Gasteiger partial charge is 0.356 e. The number of benzene rings is 2. The Morgan fingerprint density at radius 1 is 1.27 bits per heavy atom. The molecule has 1 aliphatic heterocycles. The topological polar surface area (TPSA) is 15.6 Å². The predicted octanol–water partition coefficient (Wildman–Crippen LogP) is 5.15. The van der Waals surface area contributed by atoms with Crippen LogP contribution in [0.3, 0.4) is 0 Å². The minimum atomic E-state index is -0.180. The maximum atomic E-state index is 14.3. The fourth-order valence-corrected chi connectivity index (χ4v) is 3.16. The number of amidine groups is 1. The lowest BCUT2D eigenvalue weighted by molar-refractivity contribution is 0.359. The van der Waals surface area contributed by atoms with E-state index in [1.54, 1.807) is 6.07 Å². The Morgan fingerprint density at radius 2 is 2.05 bits per heavy atom. The molecule has 2 nitrogen and oxygen atoms in total. The first kappa shape index (κ1) is 15.0. The number of halogens is 2. The number of likely N-dealkylation sites (N-methyl/N-ethyl adjacent to an activating group) is 1. The van der Waals surface area contributed by atoms with Gasteiger partial charge in [0.1, 0.15) is 11.7 Å². The molecule has 0 bridgehead atoms. The fourth-order valence-electron chi connectivity index (χ4n) is 2.96. The number of hydrogen-bond donors (Lipinski definition) is 0. The molecule has 2 aromatic rings. The van der Waals surface area contributed by atoms with Gasteiger partial charge in [-0.25, -0.2) is 9.38 Å². The lowest BCUT2D eigenvalue weighted by atomic mass is 9.96. The molecular formula is C18H18ClFN2. The number of aliphatic imine (C=N–C) groups is 1. The lowest BCUT2D eigenvalue weighted by Crippen LogP contribution is -2.31. The summed E-state index contributed by atoms with van der Waals surface area (Å²) < 4.78 is 14.3. The van der Waals surface area contributed by atoms with Crippen LogP contribution in [0.25, 0.3) is 0 Å². The molecule has 0 saturated carbocycles. The average molecular weight is 317 g/mol. The highest BCUT2D eigenvalue weighted by Gasteiger charge is 2.26. The Morgan fingerprint density at radius 3 is 2.77 bits per heavy atom. The molecule has 1 unspecified atom stereocenters. The standard InChI is InChI=1S/C18H18ClFN2/c1-3-18-21-16-9-8-13(19)10-12(16)11-17(22(18)2)14-6-4-5-7-15(14)20/h4-10,17H,3,11H2,1-2H3. The van der Waals surface area contributed by atoms with Crippen molar-refractivity contribution >= 4 is 23.1 Å². The van der Waals surface area contributed by atoms with Gasteiger partial charge in [-0.1, -0.05) is 36.7 Å². The fraction of sp³-hybridized carbons (Fsp3) is 0.278. The molecular weight excluding hydrogens is 299 g/mol. The number of rotatable bonds is 2. The molecule has 1 atom stereocenters. The Bertz CT molecular complexity index is 727. The van der Waals surface area contributed by atoms with E-state index in [0.29, 0.717) is 17.0 Å². The lowest BCUT2D eigenvalue weighted by Gasteiger charge is -2.29. The van der Waals surface area contributed by atoms with Crippen LogP contribution >= 0.6 is 11.6 Å². The van der Waals surface area contributed by atoms with E-state index in [0.717, 1.165) is 23.5 Å². The summed E-state index contributed by atoms with van der Waals surface area (Å²) in [6.07, 6.45) is 1.48. The smallest absolute Gasteiger partial charge is 0.128 e. The molecule has 0 spiro atoms. The molecule has 0 saturated heterocycles. The zero-order chi connectivity index (χ0) is 15.7. The van der Waals surface area contributed by atoms with Gasteiger partial charge >= 0.3 is 0 Å². The molecule has 2 aromatic carbocycles. The van der Waals surface area contributed by atoms with E-state index in [2.05, 4.69) is 11.8 Å². The highest BCUT2D eigenvalue weighted by atomic mass is 35.5. The summed E-state index contributed by atoms with van der Waals surface area (Å²) in [4.78, 5) is 6.82. The predicted molar refractivity (Wildman–Crippen MR) is 89.4 cm³/mol. The van der Waals surface area contributed by atoms with Crippen molar-refractivity contribution in [3.8, 4) is 0 Å². The third kappa shape index (κ3) is 2.73. The third-order valence-electron chi connectivity index (χ3n) is 4.16. The van der Waals surface area contributed by atoms with Gasteiger partial charge in [0.15, 0.2) is 0 Å². The molecule has 1 heterocycles. The summed E-state index contributed by atoms with van der Waals surface area (Å²) in [5, 5.41) is 0.684. The second-order valence-corrected chi connectivity index (χ2v) is 5.94. The van der Waals surface area contributed by atoms with Gasteiger partial charge in [0.2, 0.25) is 0 Å². The summed E-state index contributed by atoms with van der Waals surface area (Å²) in [5.74, 6) is 0.773. The molecule has 0 aromatic heterocycles. The van der Waals surface area contributed by atoms with E-state index in [-0.39, 0.29) is 11.9 Å². The van der Waals surface area contributed by atoms with Gasteiger partial charge in [-0.3, -0.25) is 0 Å². The van der Waals surface area contributed by atoms with E-state index in [1.165, 1.54) is 6.07 Å². The molecule has 3 rings (SSSR count). The average Bonchev–Trinajstić information content (AvgIpc) is 2.65. The van der Waals surface area contributed by atoms with Crippen LogP contribution < -0.4 is 0 Å². The van der Waals surface area contributed by atoms with E-state index in [9.17, 15) is 4.39 Å². The molecule has 4 heteroatoms. The van der Waals surface area contributed by atoms with Crippen LogP contribution in [-0.4, -0.2) is 17.8 Å². The van der Waals surface area contributed by atoms with Gasteiger partial charge < -0.3 is 4.90 Å². The third-order valence-corrected chi connectivity index (χ3v) is 4.39. The van der Waals surface area contributed by atoms with Crippen molar-refractivity contribution in [1.82, 2.24) is 4.90 Å². The van der Waals surface area contributed by atoms with Crippen molar-refractivity contribution < 1.29 is 4.39 Å². The maximum Gasteiger partial charge on any atom is 0.128 e. The summed E-state index contributed by atoms with van der Waals surface area (Å²) in [6, 6.07) is 12.6. The van der Waals surface area contributed by atoms with E-state index in [4.69, 9.17) is 16.6 Å². The molecule has 0 N–H and O–H groups in total. The molecule has 114 valence electrons. The SMILES string of the molecule is CCC1=Nc2ccc(Cl)cc2CC(c2ccccc2F)N1C. The van der Waals surface area contributed by atoms with Gasteiger partial charge in [0.05, 0.1) is 11.7 Å². The monoisotopic (exact) mass is 316 g/mol. The van der Waals surface area contributed by atoms with E-state index in [1.807, 2.05) is 37.4 Å². The van der Waals surface area contributed by atoms with Crippen LogP contribution in [0.4, 0.5) is 10.1 Å². The Kier molecular flexibility index (Phi) is 4.16. The summed E-state index contributed by atoms with van der Waals surface area (Å²) in [7, 11) is 1.98. The second-order valence-electron chi connectivity index (χ2n) is 5.51. The van der Waals surface area contributed by atoms with Gasteiger partial charge in [-0.2, -0.15) is 0 Å². The van der Waals surface area contributed by atoms with Crippen molar-refractivity contribution in [3.63, 3.8) is 0 Å². The number of hydrogen-bond acceptors (Lipinski definition) is 2. The Labute approximate surface area is 135 Å². The summed E-state index contributed by atoms with van der Waals surface area (Å²) in [6.45, 7) is 2.06. The Hall–Kier alpha value is -1.87. The number of fused-ring (bicyclic) bond motifs is 1. The zero-order valence-corrected chi connectivity index (χ0v) is 13.4. The van der Waals surface area contributed by atoms with Gasteiger partial charge in [-0.05, 0) is 36.2 Å². The normalized spacial score (nSPS) is 17.7. The molecule has 0 aliphatic carbocycles. The first-order chi connectivity index (χ1) is 10.6. The van der Waals surface area contributed by atoms with Crippen LogP contribution in [-0.2, 0) is 6.42 Å². The second kappa shape index (κ2) is 6.09. The highest BCUT2D eigenvalue weighted by Crippen LogP contribution is 2.35. The maximum absolute atomic E-state index is 14.3. The van der Waals surface area contributed by atoms with E-state index < -0.39 is 0 Å². The van der Waals surface area contributed by atoms with Crippen molar-refractivity contribution in [3.05, 3.63) is 64.4 Å². The quantitative estimate of drug-likeness (QED) is 0.748. The van der Waals surface area contributed by atoms with Crippen molar-refractivity contribution in [2.75, 3.05) is 7.05 Å². The van der Waals surface area contributed by atoms with Crippen LogP contribution in [0.15, 0.2) is 47.5 Å². The molecule has 0 fully saturated rings. The van der Waals surface area contributed by atoms with Crippen LogP contribution in [0, 0.1) is 5.82 Å². The van der Waals surface area contributed by atoms with Gasteiger partial charge in [-0.15, -0.1) is 0 Å². The first-order valence-corrected chi connectivity index (χ1v) is 7.81. The van der Waals surface area contributed by atoms with Crippen molar-refractivity contribution in [2.24, 2.45) is 4.99 Å². The molecule has 0 amide bonds. The summed E-state index contributed by atoms with van der Waals surface area (Å²) in [5.41, 5.74) is 2.67. The molecule has 1 aliphatic rings. The Balaban J connectivity index is 2.12. The van der Waals surface area contributed by atoms with Crippen molar-refractivity contribution in [1.29, 1.82) is 0 Å². The minimum absolute atomic E-state index is 0.0837. The van der Waals surface area contributed by atoms with Crippen LogP contribution in [0.2, 0.25) is 5.02 Å². The van der Waals surface area contributed by atoms with Gasteiger partial charge in [0.25, 0.3) is 0 Å². The molecule has 0 radical (unpaired) electrons. The van der Waals surface area contributed by atoms with Crippen LogP contribution in [0.5, 0.6) is 0 Å². The number of nitrogens with zero attached hydrogens (tertiary/aromatic N) is 2. The highest BCUT2D eigenvalue weighted by molar-refractivity contribution is 6.30. The summed E-state index contributed by atoms with van der Waals surface area (Å²) >= 11 is 6.13. The molecule has 22 heavy (non-hydrogen) atoms. The van der Waals surface area contributed by atoms with Crippen LogP contribution in [0.1, 0.15) is 30.5 Å². The van der Waals surface area contributed by atoms with Gasteiger partial charge in [0, 0.05) is 24.1 Å². The minimum Gasteiger partial charge on any atom is -0.356 e. The van der Waals surface area contributed by atoms with E-state index >= 15 is 0 Å². The van der Waals surface area contributed by atoms with Crippen molar-refractivity contribution in [2.45, 2.75) is 25.8 Å². The zero-order valence-electron chi connectivity index (χ0n) is 12.7.